The molecule has 158 valence electrons. The van der Waals surface area contributed by atoms with Crippen LogP contribution >= 0.6 is 0 Å². The summed E-state index contributed by atoms with van der Waals surface area (Å²) < 4.78 is 6.90. The Labute approximate surface area is 175 Å². The Hall–Kier alpha value is -3.16. The number of hydrogen-bond donors (Lipinski definition) is 2. The summed E-state index contributed by atoms with van der Waals surface area (Å²) in [5, 5.41) is 9.60. The van der Waals surface area contributed by atoms with Gasteiger partial charge in [0.15, 0.2) is 11.8 Å². The molecule has 2 aliphatic carbocycles. The lowest BCUT2D eigenvalue weighted by molar-refractivity contribution is -0.127. The Balaban J connectivity index is 1.41. The number of urea groups is 1. The smallest absolute Gasteiger partial charge is 0.357 e. The second-order valence-corrected chi connectivity index (χ2v) is 7.97. The predicted molar refractivity (Wildman–Crippen MR) is 109 cm³/mol. The molecule has 0 unspecified atom stereocenters. The molecule has 1 heterocycles. The molecule has 1 atom stereocenters. The highest BCUT2D eigenvalue weighted by molar-refractivity contribution is 5.98. The van der Waals surface area contributed by atoms with Crippen LogP contribution < -0.4 is 10.6 Å². The van der Waals surface area contributed by atoms with Crippen molar-refractivity contribution in [3.63, 3.8) is 0 Å². The molecule has 3 amide bonds. The average Bonchev–Trinajstić information content (AvgIpc) is 3.28. The molecule has 0 bridgehead atoms. The lowest BCUT2D eigenvalue weighted by Gasteiger charge is -2.16. The van der Waals surface area contributed by atoms with Crippen molar-refractivity contribution in [1.82, 2.24) is 20.4 Å². The number of benzene rings is 1. The number of carbonyl (C=O) groups is 3. The van der Waals surface area contributed by atoms with Gasteiger partial charge in [0, 0.05) is 12.0 Å². The van der Waals surface area contributed by atoms with Gasteiger partial charge in [0.25, 0.3) is 5.91 Å². The van der Waals surface area contributed by atoms with E-state index in [0.717, 1.165) is 49.9 Å². The molecular weight excluding hydrogens is 384 g/mol. The van der Waals surface area contributed by atoms with Gasteiger partial charge < -0.3 is 10.1 Å². The average molecular weight is 410 g/mol. The molecule has 2 aliphatic rings. The molecule has 0 saturated heterocycles. The topological polar surface area (TPSA) is 102 Å². The molecule has 0 aliphatic heterocycles. The van der Waals surface area contributed by atoms with Crippen LogP contribution in [0.1, 0.15) is 67.5 Å². The Morgan fingerprint density at radius 3 is 2.47 bits per heavy atom. The van der Waals surface area contributed by atoms with Crippen molar-refractivity contribution in [2.75, 3.05) is 0 Å². The number of amides is 3. The minimum absolute atomic E-state index is 0.0942. The van der Waals surface area contributed by atoms with Crippen LogP contribution in [-0.2, 0) is 9.53 Å². The first-order valence-electron chi connectivity index (χ1n) is 10.5. The first-order chi connectivity index (χ1) is 14.5. The zero-order chi connectivity index (χ0) is 21.1. The molecule has 8 nitrogen and oxygen atoms in total. The standard InChI is InChI=1S/C22H26N4O4/c1-14(20(27)24-22(29)23-16-7-5-6-8-16)30-21(28)19-13-18(15-11-12-15)25-26(19)17-9-3-2-4-10-17/h2-4,9-10,13-16H,5-8,11-12H2,1H3,(H2,23,24,27,29)/t14-/m0/s1. The lowest BCUT2D eigenvalue weighted by Crippen LogP contribution is -2.47. The summed E-state index contributed by atoms with van der Waals surface area (Å²) in [7, 11) is 0. The zero-order valence-corrected chi connectivity index (χ0v) is 17.0. The molecule has 8 heteroatoms. The van der Waals surface area contributed by atoms with Crippen LogP contribution in [0.4, 0.5) is 4.79 Å². The van der Waals surface area contributed by atoms with Gasteiger partial charge >= 0.3 is 12.0 Å². The van der Waals surface area contributed by atoms with Crippen molar-refractivity contribution >= 4 is 17.9 Å². The van der Waals surface area contributed by atoms with Crippen molar-refractivity contribution < 1.29 is 19.1 Å². The summed E-state index contributed by atoms with van der Waals surface area (Å²) in [5.74, 6) is -0.953. The lowest BCUT2D eigenvalue weighted by atomic mass is 10.2. The molecule has 30 heavy (non-hydrogen) atoms. The Morgan fingerprint density at radius 2 is 1.80 bits per heavy atom. The maximum Gasteiger partial charge on any atom is 0.357 e. The van der Waals surface area contributed by atoms with E-state index >= 15 is 0 Å². The van der Waals surface area contributed by atoms with E-state index < -0.39 is 24.0 Å². The second-order valence-electron chi connectivity index (χ2n) is 7.97. The number of ether oxygens (including phenoxy) is 1. The van der Waals surface area contributed by atoms with Gasteiger partial charge in [-0.2, -0.15) is 5.10 Å². The highest BCUT2D eigenvalue weighted by Crippen LogP contribution is 2.39. The second kappa shape index (κ2) is 8.69. The Kier molecular flexibility index (Phi) is 5.83. The highest BCUT2D eigenvalue weighted by Gasteiger charge is 2.30. The fourth-order valence-corrected chi connectivity index (χ4v) is 3.67. The SMILES string of the molecule is C[C@H](OC(=O)c1cc(C2CC2)nn1-c1ccccc1)C(=O)NC(=O)NC1CCCC1. The van der Waals surface area contributed by atoms with Crippen LogP contribution in [0.3, 0.4) is 0 Å². The first-order valence-corrected chi connectivity index (χ1v) is 10.5. The van der Waals surface area contributed by atoms with Crippen LogP contribution in [0.15, 0.2) is 36.4 Å². The molecule has 0 spiro atoms. The minimum atomic E-state index is -1.12. The van der Waals surface area contributed by atoms with E-state index in [4.69, 9.17) is 4.74 Å². The third-order valence-electron chi connectivity index (χ3n) is 5.51. The molecule has 1 aromatic heterocycles. The van der Waals surface area contributed by atoms with Crippen molar-refractivity contribution in [2.24, 2.45) is 0 Å². The maximum atomic E-state index is 12.8. The fourth-order valence-electron chi connectivity index (χ4n) is 3.67. The summed E-state index contributed by atoms with van der Waals surface area (Å²) >= 11 is 0. The highest BCUT2D eigenvalue weighted by atomic mass is 16.5. The first kappa shape index (κ1) is 20.1. The number of imide groups is 1. The number of para-hydroxylation sites is 1. The quantitative estimate of drug-likeness (QED) is 0.713. The number of hydrogen-bond acceptors (Lipinski definition) is 5. The Morgan fingerprint density at radius 1 is 1.10 bits per heavy atom. The van der Waals surface area contributed by atoms with Gasteiger partial charge in [-0.05, 0) is 50.8 Å². The van der Waals surface area contributed by atoms with E-state index in [9.17, 15) is 14.4 Å². The number of carbonyl (C=O) groups excluding carboxylic acids is 3. The van der Waals surface area contributed by atoms with E-state index in [1.54, 1.807) is 10.7 Å². The fraction of sp³-hybridized carbons (Fsp3) is 0.455. The molecule has 2 aromatic rings. The van der Waals surface area contributed by atoms with E-state index in [1.807, 2.05) is 30.3 Å². The van der Waals surface area contributed by atoms with Gasteiger partial charge in [-0.15, -0.1) is 0 Å². The summed E-state index contributed by atoms with van der Waals surface area (Å²) in [5.41, 5.74) is 1.85. The molecular formula is C22H26N4O4. The van der Waals surface area contributed by atoms with Crippen LogP contribution in [0.2, 0.25) is 0 Å². The minimum Gasteiger partial charge on any atom is -0.448 e. The molecule has 1 aromatic carbocycles. The monoisotopic (exact) mass is 410 g/mol. The predicted octanol–water partition coefficient (Wildman–Crippen LogP) is 3.06. The van der Waals surface area contributed by atoms with Crippen molar-refractivity contribution in [3.8, 4) is 5.69 Å². The van der Waals surface area contributed by atoms with Gasteiger partial charge in [0.05, 0.1) is 11.4 Å². The maximum absolute atomic E-state index is 12.8. The van der Waals surface area contributed by atoms with Crippen LogP contribution in [0.25, 0.3) is 5.69 Å². The summed E-state index contributed by atoms with van der Waals surface area (Å²) in [6.07, 6.45) is 4.97. The summed E-state index contributed by atoms with van der Waals surface area (Å²) in [6.45, 7) is 1.45. The number of aromatic nitrogens is 2. The molecule has 2 N–H and O–H groups in total. The van der Waals surface area contributed by atoms with Gasteiger partial charge in [-0.1, -0.05) is 31.0 Å². The van der Waals surface area contributed by atoms with Gasteiger partial charge in [0.2, 0.25) is 0 Å². The van der Waals surface area contributed by atoms with Crippen LogP contribution in [0.5, 0.6) is 0 Å². The molecule has 0 radical (unpaired) electrons. The number of esters is 1. The van der Waals surface area contributed by atoms with Gasteiger partial charge in [0.1, 0.15) is 0 Å². The van der Waals surface area contributed by atoms with Crippen molar-refractivity contribution in [1.29, 1.82) is 0 Å². The Bertz CT molecular complexity index is 930. The zero-order valence-electron chi connectivity index (χ0n) is 17.0. The third kappa shape index (κ3) is 4.69. The van der Waals surface area contributed by atoms with Crippen LogP contribution in [-0.4, -0.2) is 39.8 Å². The number of nitrogens with zero attached hydrogens (tertiary/aromatic N) is 2. The molecule has 4 rings (SSSR count). The van der Waals surface area contributed by atoms with Gasteiger partial charge in [-0.25, -0.2) is 14.3 Å². The largest absolute Gasteiger partial charge is 0.448 e. The van der Waals surface area contributed by atoms with E-state index in [0.29, 0.717) is 5.92 Å². The number of rotatable bonds is 6. The van der Waals surface area contributed by atoms with E-state index in [2.05, 4.69) is 15.7 Å². The van der Waals surface area contributed by atoms with E-state index in [1.165, 1.54) is 6.92 Å². The van der Waals surface area contributed by atoms with Crippen molar-refractivity contribution in [3.05, 3.63) is 47.8 Å². The number of nitrogens with one attached hydrogen (secondary N) is 2. The van der Waals surface area contributed by atoms with Gasteiger partial charge in [-0.3, -0.25) is 10.1 Å². The molecule has 2 fully saturated rings. The summed E-state index contributed by atoms with van der Waals surface area (Å²) in [4.78, 5) is 37.1. The molecule has 2 saturated carbocycles. The van der Waals surface area contributed by atoms with Crippen LogP contribution in [0, 0.1) is 0 Å². The van der Waals surface area contributed by atoms with Crippen molar-refractivity contribution in [2.45, 2.75) is 63.5 Å². The summed E-state index contributed by atoms with van der Waals surface area (Å²) in [6, 6.07) is 10.6. The normalized spacial score (nSPS) is 17.4. The van der Waals surface area contributed by atoms with E-state index in [-0.39, 0.29) is 11.7 Å². The third-order valence-corrected chi connectivity index (χ3v) is 5.51.